The van der Waals surface area contributed by atoms with Gasteiger partial charge < -0.3 is 10.1 Å². The number of nitrogens with one attached hydrogen (secondary N) is 1. The fraction of sp³-hybridized carbons (Fsp3) is 0.200. The molecular formula is C20H19N5O2S2. The molecule has 4 rings (SSSR count). The van der Waals surface area contributed by atoms with Gasteiger partial charge >= 0.3 is 0 Å². The number of hydrogen-bond acceptors (Lipinski definition) is 7. The van der Waals surface area contributed by atoms with Gasteiger partial charge in [0.25, 0.3) is 0 Å². The molecule has 0 spiro atoms. The van der Waals surface area contributed by atoms with Crippen LogP contribution in [0.5, 0.6) is 5.75 Å². The number of aryl methyl sites for hydroxylation is 2. The molecule has 4 aromatic rings. The molecule has 1 N–H and O–H groups in total. The van der Waals surface area contributed by atoms with Crippen LogP contribution in [0.3, 0.4) is 0 Å². The van der Waals surface area contributed by atoms with Crippen LogP contribution < -0.4 is 10.1 Å². The smallest absolute Gasteiger partial charge is 0.236 e. The van der Waals surface area contributed by atoms with E-state index in [-0.39, 0.29) is 11.7 Å². The molecular weight excluding hydrogens is 406 g/mol. The number of carbonyl (C=O) groups is 1. The van der Waals surface area contributed by atoms with E-state index in [2.05, 4.69) is 33.5 Å². The average molecular weight is 426 g/mol. The van der Waals surface area contributed by atoms with Crippen LogP contribution in [0.1, 0.15) is 11.1 Å². The van der Waals surface area contributed by atoms with Crippen molar-refractivity contribution in [1.29, 1.82) is 0 Å². The lowest BCUT2D eigenvalue weighted by molar-refractivity contribution is -0.113. The quantitative estimate of drug-likeness (QED) is 0.466. The lowest BCUT2D eigenvalue weighted by atomic mass is 10.1. The van der Waals surface area contributed by atoms with Gasteiger partial charge in [0, 0.05) is 0 Å². The first kappa shape index (κ1) is 19.4. The molecule has 9 heteroatoms. The second-order valence-corrected chi connectivity index (χ2v) is 8.44. The van der Waals surface area contributed by atoms with Crippen molar-refractivity contribution in [3.8, 4) is 11.4 Å². The maximum atomic E-state index is 12.4. The number of fused-ring (bicyclic) bond motifs is 1. The summed E-state index contributed by atoms with van der Waals surface area (Å²) in [5.41, 5.74) is 4.15. The van der Waals surface area contributed by atoms with Crippen molar-refractivity contribution in [2.24, 2.45) is 0 Å². The average Bonchev–Trinajstić information content (AvgIpc) is 3.31. The van der Waals surface area contributed by atoms with Crippen molar-refractivity contribution in [2.75, 3.05) is 18.2 Å². The Morgan fingerprint density at radius 2 is 2.10 bits per heavy atom. The molecule has 0 aliphatic rings. The molecule has 0 bridgehead atoms. The summed E-state index contributed by atoms with van der Waals surface area (Å²) in [5, 5.41) is 12.3. The van der Waals surface area contributed by atoms with Crippen LogP contribution in [0.25, 0.3) is 15.9 Å². The summed E-state index contributed by atoms with van der Waals surface area (Å²) in [5.74, 6) is 0.833. The van der Waals surface area contributed by atoms with Crippen LogP contribution in [0.15, 0.2) is 47.9 Å². The number of rotatable bonds is 6. The molecule has 7 nitrogen and oxygen atoms in total. The Bertz CT molecular complexity index is 1180. The summed E-state index contributed by atoms with van der Waals surface area (Å²) >= 11 is 2.75. The van der Waals surface area contributed by atoms with Gasteiger partial charge in [-0.15, -0.1) is 10.2 Å². The fourth-order valence-electron chi connectivity index (χ4n) is 2.93. The zero-order chi connectivity index (χ0) is 20.4. The van der Waals surface area contributed by atoms with Crippen molar-refractivity contribution in [3.05, 3.63) is 53.9 Å². The highest BCUT2D eigenvalue weighted by Gasteiger charge is 2.13. The van der Waals surface area contributed by atoms with E-state index < -0.39 is 0 Å². The number of methoxy groups -OCH3 is 1. The second-order valence-electron chi connectivity index (χ2n) is 6.46. The van der Waals surface area contributed by atoms with E-state index in [0.29, 0.717) is 10.3 Å². The van der Waals surface area contributed by atoms with E-state index >= 15 is 0 Å². The number of amides is 1. The highest BCUT2D eigenvalue weighted by Crippen LogP contribution is 2.29. The molecule has 0 atom stereocenters. The first-order valence-electron chi connectivity index (χ1n) is 8.88. The van der Waals surface area contributed by atoms with Gasteiger partial charge in [-0.05, 0) is 43.7 Å². The minimum atomic E-state index is -0.142. The number of anilines is 1. The standard InChI is InChI=1S/C20H19N5O2S2/c1-12-4-7-16(13(2)8-12)25-11-21-24-20(25)28-10-18(26)23-19-22-15-6-5-14(27-3)9-17(15)29-19/h4-9,11H,10H2,1-3H3,(H,22,23,26). The maximum Gasteiger partial charge on any atom is 0.236 e. The van der Waals surface area contributed by atoms with Gasteiger partial charge in [0.1, 0.15) is 12.1 Å². The molecule has 0 unspecified atom stereocenters. The predicted octanol–water partition coefficient (Wildman–Crippen LogP) is 4.23. The van der Waals surface area contributed by atoms with Crippen molar-refractivity contribution in [2.45, 2.75) is 19.0 Å². The van der Waals surface area contributed by atoms with E-state index in [9.17, 15) is 4.79 Å². The zero-order valence-electron chi connectivity index (χ0n) is 16.2. The van der Waals surface area contributed by atoms with E-state index in [1.807, 2.05) is 41.8 Å². The minimum absolute atomic E-state index is 0.142. The molecule has 0 fully saturated rings. The monoisotopic (exact) mass is 425 g/mol. The van der Waals surface area contributed by atoms with Gasteiger partial charge in [-0.1, -0.05) is 40.8 Å². The Hall–Kier alpha value is -2.91. The number of thiazole rings is 1. The predicted molar refractivity (Wildman–Crippen MR) is 116 cm³/mol. The van der Waals surface area contributed by atoms with Crippen LogP contribution in [0.4, 0.5) is 5.13 Å². The van der Waals surface area contributed by atoms with Crippen LogP contribution in [-0.4, -0.2) is 38.5 Å². The first-order valence-corrected chi connectivity index (χ1v) is 10.7. The largest absolute Gasteiger partial charge is 0.497 e. The second kappa shape index (κ2) is 8.22. The summed E-state index contributed by atoms with van der Waals surface area (Å²) in [6.45, 7) is 4.10. The maximum absolute atomic E-state index is 12.4. The summed E-state index contributed by atoms with van der Waals surface area (Å²) < 4.78 is 8.09. The number of benzene rings is 2. The van der Waals surface area contributed by atoms with Crippen LogP contribution in [-0.2, 0) is 4.79 Å². The molecule has 0 saturated carbocycles. The number of aromatic nitrogens is 4. The van der Waals surface area contributed by atoms with E-state index in [1.54, 1.807) is 13.4 Å². The van der Waals surface area contributed by atoms with E-state index in [1.165, 1.54) is 28.7 Å². The molecule has 0 aliphatic heterocycles. The third kappa shape index (κ3) is 4.25. The number of ether oxygens (including phenoxy) is 1. The third-order valence-corrected chi connectivity index (χ3v) is 6.18. The van der Waals surface area contributed by atoms with E-state index in [0.717, 1.165) is 27.2 Å². The molecule has 0 aliphatic carbocycles. The Labute approximate surface area is 176 Å². The molecule has 29 heavy (non-hydrogen) atoms. The lowest BCUT2D eigenvalue weighted by Crippen LogP contribution is -2.14. The highest BCUT2D eigenvalue weighted by molar-refractivity contribution is 7.99. The Morgan fingerprint density at radius 1 is 1.24 bits per heavy atom. The molecule has 0 saturated heterocycles. The first-order chi connectivity index (χ1) is 14.0. The van der Waals surface area contributed by atoms with Gasteiger partial charge in [-0.25, -0.2) is 4.98 Å². The Morgan fingerprint density at radius 3 is 2.90 bits per heavy atom. The zero-order valence-corrected chi connectivity index (χ0v) is 17.8. The van der Waals surface area contributed by atoms with Crippen molar-refractivity contribution < 1.29 is 9.53 Å². The fourth-order valence-corrected chi connectivity index (χ4v) is 4.57. The number of hydrogen-bond donors (Lipinski definition) is 1. The van der Waals surface area contributed by atoms with E-state index in [4.69, 9.17) is 4.74 Å². The normalized spacial score (nSPS) is 11.0. The van der Waals surface area contributed by atoms with Gasteiger partial charge in [0.05, 0.1) is 28.8 Å². The number of nitrogens with zero attached hydrogens (tertiary/aromatic N) is 4. The highest BCUT2D eigenvalue weighted by atomic mass is 32.2. The number of carbonyl (C=O) groups excluding carboxylic acids is 1. The SMILES string of the molecule is COc1ccc2nc(NC(=O)CSc3nncn3-c3ccc(C)cc3C)sc2c1. The molecule has 0 radical (unpaired) electrons. The summed E-state index contributed by atoms with van der Waals surface area (Å²) in [4.78, 5) is 16.9. The van der Waals surface area contributed by atoms with Gasteiger partial charge in [-0.2, -0.15) is 0 Å². The Kier molecular flexibility index (Phi) is 5.50. The van der Waals surface area contributed by atoms with Crippen molar-refractivity contribution in [3.63, 3.8) is 0 Å². The minimum Gasteiger partial charge on any atom is -0.497 e. The van der Waals surface area contributed by atoms with Gasteiger partial charge in [-0.3, -0.25) is 9.36 Å². The molecule has 2 aromatic heterocycles. The molecule has 2 aromatic carbocycles. The van der Waals surface area contributed by atoms with Crippen molar-refractivity contribution >= 4 is 44.4 Å². The summed E-state index contributed by atoms with van der Waals surface area (Å²) in [6, 6.07) is 11.8. The molecule has 2 heterocycles. The van der Waals surface area contributed by atoms with Crippen LogP contribution in [0, 0.1) is 13.8 Å². The molecule has 148 valence electrons. The van der Waals surface area contributed by atoms with Crippen molar-refractivity contribution in [1.82, 2.24) is 19.7 Å². The number of thioether (sulfide) groups is 1. The summed E-state index contributed by atoms with van der Waals surface area (Å²) in [7, 11) is 1.62. The summed E-state index contributed by atoms with van der Waals surface area (Å²) in [6.07, 6.45) is 1.67. The Balaban J connectivity index is 1.44. The van der Waals surface area contributed by atoms with Gasteiger partial charge in [0.15, 0.2) is 10.3 Å². The van der Waals surface area contributed by atoms with Crippen LogP contribution >= 0.6 is 23.1 Å². The third-order valence-electron chi connectivity index (χ3n) is 4.30. The van der Waals surface area contributed by atoms with Gasteiger partial charge in [0.2, 0.25) is 5.91 Å². The molecule has 1 amide bonds. The van der Waals surface area contributed by atoms with Crippen LogP contribution in [0.2, 0.25) is 0 Å². The topological polar surface area (TPSA) is 81.9 Å². The lowest BCUT2D eigenvalue weighted by Gasteiger charge is -2.10.